The van der Waals surface area contributed by atoms with E-state index in [-0.39, 0.29) is 0 Å². The predicted octanol–water partition coefficient (Wildman–Crippen LogP) is 9.51. The molecule has 0 amide bonds. The molecule has 2 nitrogen and oxygen atoms in total. The lowest BCUT2D eigenvalue weighted by Gasteiger charge is -2.08. The molecule has 0 saturated heterocycles. The number of furan rings is 1. The van der Waals surface area contributed by atoms with Gasteiger partial charge in [0.1, 0.15) is 19.0 Å². The van der Waals surface area contributed by atoms with Crippen LogP contribution in [-0.2, 0) is 0 Å². The van der Waals surface area contributed by atoms with Gasteiger partial charge >= 0.3 is 0 Å². The third-order valence-electron chi connectivity index (χ3n) is 8.15. The van der Waals surface area contributed by atoms with Crippen LogP contribution in [0.25, 0.3) is 80.7 Å². The molecule has 0 aliphatic rings. The molecule has 0 bridgehead atoms. The smallest absolute Gasteiger partial charge is 0.135 e. The van der Waals surface area contributed by atoms with Crippen molar-refractivity contribution < 1.29 is 4.42 Å². The first-order chi connectivity index (χ1) is 19.7. The van der Waals surface area contributed by atoms with Crippen LogP contribution in [-0.4, -0.2) is 12.4 Å². The SMILES string of the molecule is [B]c1cccc2oc3ccc(-c4ccc5c(c4)c4c6sc7ccccc7c6ccc4n5-c4ccccc4)cc3c12. The van der Waals surface area contributed by atoms with Crippen molar-refractivity contribution in [2.24, 2.45) is 0 Å². The highest BCUT2D eigenvalue weighted by molar-refractivity contribution is 7.26. The molecule has 3 aromatic heterocycles. The first-order valence-corrected chi connectivity index (χ1v) is 14.2. The van der Waals surface area contributed by atoms with E-state index < -0.39 is 0 Å². The third kappa shape index (κ3) is 3.00. The average Bonchev–Trinajstić information content (AvgIpc) is 3.66. The molecule has 2 radical (unpaired) electrons. The first kappa shape index (κ1) is 22.1. The number of para-hydroxylation sites is 1. The Morgan fingerprint density at radius 1 is 0.550 bits per heavy atom. The Hall–Kier alpha value is -4.80. The van der Waals surface area contributed by atoms with Crippen molar-refractivity contribution >= 4 is 88.6 Å². The maximum atomic E-state index is 6.37. The number of thiophene rings is 1. The summed E-state index contributed by atoms with van der Waals surface area (Å²) in [6.45, 7) is 0. The van der Waals surface area contributed by atoms with E-state index in [1.165, 1.54) is 47.5 Å². The van der Waals surface area contributed by atoms with Crippen molar-refractivity contribution in [1.82, 2.24) is 4.57 Å². The maximum absolute atomic E-state index is 6.37. The van der Waals surface area contributed by atoms with Crippen LogP contribution in [0.5, 0.6) is 0 Å². The molecule has 4 heteroatoms. The van der Waals surface area contributed by atoms with Gasteiger partial charge in [-0.3, -0.25) is 0 Å². The fourth-order valence-corrected chi connectivity index (χ4v) is 7.61. The fourth-order valence-electron chi connectivity index (χ4n) is 6.35. The summed E-state index contributed by atoms with van der Waals surface area (Å²) >= 11 is 1.88. The van der Waals surface area contributed by atoms with Crippen LogP contribution in [0.2, 0.25) is 0 Å². The molecule has 0 atom stereocenters. The monoisotopic (exact) mass is 525 g/mol. The van der Waals surface area contributed by atoms with Gasteiger partial charge in [0.2, 0.25) is 0 Å². The zero-order chi connectivity index (χ0) is 26.4. The molecule has 3 heterocycles. The van der Waals surface area contributed by atoms with Gasteiger partial charge in [0.05, 0.1) is 11.0 Å². The van der Waals surface area contributed by atoms with Crippen molar-refractivity contribution in [1.29, 1.82) is 0 Å². The Balaban J connectivity index is 1.38. The summed E-state index contributed by atoms with van der Waals surface area (Å²) in [4.78, 5) is 0. The summed E-state index contributed by atoms with van der Waals surface area (Å²) in [5.74, 6) is 0. The highest BCUT2D eigenvalue weighted by Crippen LogP contribution is 2.44. The Labute approximate surface area is 235 Å². The van der Waals surface area contributed by atoms with Crippen molar-refractivity contribution in [2.45, 2.75) is 0 Å². The summed E-state index contributed by atoms with van der Waals surface area (Å²) in [6.07, 6.45) is 0. The van der Waals surface area contributed by atoms with E-state index in [2.05, 4.69) is 108 Å². The molecule has 6 aromatic carbocycles. The van der Waals surface area contributed by atoms with Gasteiger partial charge in [-0.25, -0.2) is 0 Å². The molecule has 0 spiro atoms. The highest BCUT2D eigenvalue weighted by Gasteiger charge is 2.18. The number of fused-ring (bicyclic) bond motifs is 10. The summed E-state index contributed by atoms with van der Waals surface area (Å²) in [6, 6.07) is 43.1. The van der Waals surface area contributed by atoms with Gasteiger partial charge in [-0.15, -0.1) is 11.3 Å². The van der Waals surface area contributed by atoms with Crippen LogP contribution < -0.4 is 5.46 Å². The van der Waals surface area contributed by atoms with Crippen LogP contribution in [0.15, 0.2) is 126 Å². The van der Waals surface area contributed by atoms with E-state index in [1.54, 1.807) is 0 Å². The number of aromatic nitrogens is 1. The van der Waals surface area contributed by atoms with Crippen LogP contribution in [0, 0.1) is 0 Å². The second kappa shape index (κ2) is 8.11. The van der Waals surface area contributed by atoms with Crippen LogP contribution in [0.3, 0.4) is 0 Å². The van der Waals surface area contributed by atoms with Gasteiger partial charge in [0, 0.05) is 47.4 Å². The lowest BCUT2D eigenvalue weighted by atomic mass is 9.90. The highest BCUT2D eigenvalue weighted by atomic mass is 32.1. The first-order valence-electron chi connectivity index (χ1n) is 13.4. The van der Waals surface area contributed by atoms with Gasteiger partial charge in [-0.1, -0.05) is 72.2 Å². The topological polar surface area (TPSA) is 18.1 Å². The van der Waals surface area contributed by atoms with E-state index in [9.17, 15) is 0 Å². The minimum absolute atomic E-state index is 0.738. The van der Waals surface area contributed by atoms with Crippen molar-refractivity contribution in [3.8, 4) is 16.8 Å². The molecule has 0 N–H and O–H groups in total. The largest absolute Gasteiger partial charge is 0.456 e. The summed E-state index contributed by atoms with van der Waals surface area (Å²) in [5.41, 5.74) is 8.31. The third-order valence-corrected chi connectivity index (χ3v) is 9.35. The Morgan fingerprint density at radius 2 is 1.32 bits per heavy atom. The standard InChI is InChI=1S/C36H20BNOS/c37-28-10-6-11-32-34(28)27-20-22(14-18-31(27)39-32)21-13-16-29-26(19-21)35-30(38(29)23-7-2-1-3-8-23)17-15-25-24-9-4-5-12-33(24)40-36(25)35/h1-20H. The van der Waals surface area contributed by atoms with E-state index in [1.807, 2.05) is 29.5 Å². The van der Waals surface area contributed by atoms with E-state index >= 15 is 0 Å². The van der Waals surface area contributed by atoms with Gasteiger partial charge < -0.3 is 8.98 Å². The lowest BCUT2D eigenvalue weighted by molar-refractivity contribution is 0.669. The molecular weight excluding hydrogens is 505 g/mol. The summed E-state index contributed by atoms with van der Waals surface area (Å²) < 4.78 is 11.1. The Morgan fingerprint density at radius 3 is 2.23 bits per heavy atom. The van der Waals surface area contributed by atoms with Gasteiger partial charge in [0.15, 0.2) is 0 Å². The normalized spacial score (nSPS) is 12.1. The quantitative estimate of drug-likeness (QED) is 0.206. The maximum Gasteiger partial charge on any atom is 0.135 e. The molecule has 9 rings (SSSR count). The molecule has 0 aliphatic carbocycles. The van der Waals surface area contributed by atoms with E-state index in [4.69, 9.17) is 12.3 Å². The Kier molecular flexibility index (Phi) is 4.47. The minimum Gasteiger partial charge on any atom is -0.456 e. The van der Waals surface area contributed by atoms with Gasteiger partial charge in [-0.2, -0.15) is 0 Å². The summed E-state index contributed by atoms with van der Waals surface area (Å²) in [7, 11) is 6.37. The lowest BCUT2D eigenvalue weighted by Crippen LogP contribution is -2.01. The van der Waals surface area contributed by atoms with Crippen molar-refractivity contribution in [2.75, 3.05) is 0 Å². The average molecular weight is 525 g/mol. The molecule has 9 aromatic rings. The van der Waals surface area contributed by atoms with Gasteiger partial charge in [0.25, 0.3) is 0 Å². The molecule has 40 heavy (non-hydrogen) atoms. The van der Waals surface area contributed by atoms with Crippen LogP contribution >= 0.6 is 11.3 Å². The second-order valence-electron chi connectivity index (χ2n) is 10.4. The number of hydrogen-bond donors (Lipinski definition) is 0. The minimum atomic E-state index is 0.738. The van der Waals surface area contributed by atoms with Gasteiger partial charge in [-0.05, 0) is 65.7 Å². The molecule has 184 valence electrons. The van der Waals surface area contributed by atoms with Crippen molar-refractivity contribution in [3.63, 3.8) is 0 Å². The molecule has 0 unspecified atom stereocenters. The van der Waals surface area contributed by atoms with Crippen LogP contribution in [0.4, 0.5) is 0 Å². The van der Waals surface area contributed by atoms with Crippen LogP contribution in [0.1, 0.15) is 0 Å². The zero-order valence-corrected chi connectivity index (χ0v) is 22.2. The fraction of sp³-hybridized carbons (Fsp3) is 0. The van der Waals surface area contributed by atoms with Crippen molar-refractivity contribution in [3.05, 3.63) is 121 Å². The molecule has 0 aliphatic heterocycles. The second-order valence-corrected chi connectivity index (χ2v) is 11.4. The molecular formula is C36H20BNOS. The molecule has 0 fully saturated rings. The summed E-state index contributed by atoms with van der Waals surface area (Å²) in [5, 5.41) is 7.21. The molecule has 0 saturated carbocycles. The van der Waals surface area contributed by atoms with E-state index in [0.29, 0.717) is 0 Å². The number of nitrogens with zero attached hydrogens (tertiary/aromatic N) is 1. The number of benzene rings is 6. The number of rotatable bonds is 2. The zero-order valence-electron chi connectivity index (χ0n) is 21.4. The number of hydrogen-bond acceptors (Lipinski definition) is 2. The van der Waals surface area contributed by atoms with E-state index in [0.717, 1.165) is 38.7 Å². The predicted molar refractivity (Wildman–Crippen MR) is 172 cm³/mol. The Bertz CT molecular complexity index is 2450.